The molecular formula is C19H37FO4Si2. The molecule has 7 heteroatoms. The van der Waals surface area contributed by atoms with E-state index in [1.54, 1.807) is 0 Å². The second kappa shape index (κ2) is 7.75. The van der Waals surface area contributed by atoms with Crippen LogP contribution in [0.1, 0.15) is 55.4 Å². The lowest BCUT2D eigenvalue weighted by Crippen LogP contribution is -2.65. The smallest absolute Gasteiger partial charge is 0.335 e. The van der Waals surface area contributed by atoms with Gasteiger partial charge in [-0.25, -0.2) is 4.39 Å². The Morgan fingerprint density at radius 2 is 1.42 bits per heavy atom. The summed E-state index contributed by atoms with van der Waals surface area (Å²) in [4.78, 5) is 0. The van der Waals surface area contributed by atoms with Crippen molar-refractivity contribution in [1.82, 2.24) is 0 Å². The summed E-state index contributed by atoms with van der Waals surface area (Å²) in [5, 5.41) is 10.3. The molecular weight excluding hydrogens is 367 g/mol. The van der Waals surface area contributed by atoms with Crippen LogP contribution in [0.25, 0.3) is 0 Å². The number of hydrogen-bond donors (Lipinski definition) is 1. The van der Waals surface area contributed by atoms with E-state index >= 15 is 0 Å². The summed E-state index contributed by atoms with van der Waals surface area (Å²) in [7, 11) is -5.45. The number of alkyl halides is 1. The fraction of sp³-hybridized carbons (Fsp3) is 0.895. The highest BCUT2D eigenvalue weighted by molar-refractivity contribution is 6.83. The molecule has 0 bridgehead atoms. The number of halogens is 1. The van der Waals surface area contributed by atoms with Gasteiger partial charge in [0.1, 0.15) is 6.10 Å². The highest BCUT2D eigenvalue weighted by Crippen LogP contribution is 2.49. The highest BCUT2D eigenvalue weighted by Gasteiger charge is 2.61. The number of fused-ring (bicyclic) bond motifs is 1. The highest BCUT2D eigenvalue weighted by atomic mass is 28.5. The minimum Gasteiger partial charge on any atom is -0.414 e. The lowest BCUT2D eigenvalue weighted by molar-refractivity contribution is -0.00437. The van der Waals surface area contributed by atoms with Gasteiger partial charge in [0, 0.05) is 12.5 Å². The molecule has 0 unspecified atom stereocenters. The van der Waals surface area contributed by atoms with E-state index in [0.717, 1.165) is 0 Å². The summed E-state index contributed by atoms with van der Waals surface area (Å²) in [6.07, 6.45) is -3.40. The summed E-state index contributed by atoms with van der Waals surface area (Å²) < 4.78 is 35.1. The number of aliphatic hydroxyl groups is 1. The van der Waals surface area contributed by atoms with Gasteiger partial charge in [-0.05, 0) is 27.7 Å². The zero-order valence-corrected chi connectivity index (χ0v) is 19.6. The molecule has 1 aliphatic heterocycles. The van der Waals surface area contributed by atoms with E-state index in [0.29, 0.717) is 12.2 Å². The fourth-order valence-corrected chi connectivity index (χ4v) is 15.8. The van der Waals surface area contributed by atoms with Crippen molar-refractivity contribution in [3.8, 4) is 0 Å². The van der Waals surface area contributed by atoms with Crippen molar-refractivity contribution in [2.24, 2.45) is 5.92 Å². The minimum atomic E-state index is -2.82. The summed E-state index contributed by atoms with van der Waals surface area (Å²) in [6.45, 7) is 21.3. The average Bonchev–Trinajstić information content (AvgIpc) is 2.70. The fourth-order valence-electron chi connectivity index (χ4n) is 4.53. The summed E-state index contributed by atoms with van der Waals surface area (Å²) in [6, 6.07) is 0. The van der Waals surface area contributed by atoms with Crippen LogP contribution in [0.5, 0.6) is 0 Å². The molecule has 2 aliphatic rings. The van der Waals surface area contributed by atoms with Crippen LogP contribution in [-0.4, -0.2) is 47.2 Å². The molecule has 0 aromatic heterocycles. The molecule has 0 aromatic carbocycles. The summed E-state index contributed by atoms with van der Waals surface area (Å²) >= 11 is 0. The van der Waals surface area contributed by atoms with Crippen LogP contribution in [0.3, 0.4) is 0 Å². The monoisotopic (exact) mass is 404 g/mol. The molecule has 4 nitrogen and oxygen atoms in total. The molecule has 2 fully saturated rings. The Morgan fingerprint density at radius 3 is 1.85 bits per heavy atom. The largest absolute Gasteiger partial charge is 0.414 e. The van der Waals surface area contributed by atoms with Crippen molar-refractivity contribution in [3.63, 3.8) is 0 Å². The van der Waals surface area contributed by atoms with Crippen LogP contribution >= 0.6 is 0 Å². The third kappa shape index (κ3) is 3.39. The van der Waals surface area contributed by atoms with E-state index in [-0.39, 0.29) is 28.1 Å². The average molecular weight is 405 g/mol. The van der Waals surface area contributed by atoms with Crippen LogP contribution in [-0.2, 0) is 13.0 Å². The van der Waals surface area contributed by atoms with Gasteiger partial charge in [-0.15, -0.1) is 0 Å². The first-order valence-electron chi connectivity index (χ1n) is 9.93. The number of aliphatic hydroxyl groups excluding tert-OH is 1. The van der Waals surface area contributed by atoms with Gasteiger partial charge in [-0.1, -0.05) is 62.0 Å². The first kappa shape index (κ1) is 22.2. The van der Waals surface area contributed by atoms with E-state index in [9.17, 15) is 9.50 Å². The molecule has 1 N–H and O–H groups in total. The Balaban J connectivity index is 2.59. The Labute approximate surface area is 160 Å². The van der Waals surface area contributed by atoms with Crippen molar-refractivity contribution >= 4 is 17.1 Å². The third-order valence-electron chi connectivity index (χ3n) is 6.21. The van der Waals surface area contributed by atoms with Crippen molar-refractivity contribution in [2.45, 2.75) is 95.9 Å². The maximum atomic E-state index is 14.9. The van der Waals surface area contributed by atoms with Crippen LogP contribution in [0.15, 0.2) is 12.2 Å². The molecule has 2 rings (SSSR count). The number of hydrogen-bond acceptors (Lipinski definition) is 4. The van der Waals surface area contributed by atoms with Gasteiger partial charge in [0.2, 0.25) is 0 Å². The van der Waals surface area contributed by atoms with Crippen LogP contribution in [0.4, 0.5) is 4.39 Å². The van der Waals surface area contributed by atoms with Gasteiger partial charge >= 0.3 is 17.1 Å². The van der Waals surface area contributed by atoms with Crippen LogP contribution in [0.2, 0.25) is 22.2 Å². The van der Waals surface area contributed by atoms with Gasteiger partial charge in [-0.3, -0.25) is 0 Å². The summed E-state index contributed by atoms with van der Waals surface area (Å²) in [5.41, 5.74) is 1.27. The SMILES string of the molecule is C=C1[C@@H](O)[C@@H](F)[C@@H]2O[Si](C(C)C)(C(C)C)O[Si](C(C)C)(C(C)C)OC[C@@H]12. The van der Waals surface area contributed by atoms with Crippen LogP contribution in [0, 0.1) is 5.92 Å². The molecule has 152 valence electrons. The molecule has 1 saturated heterocycles. The van der Waals surface area contributed by atoms with E-state index in [4.69, 9.17) is 13.0 Å². The maximum Gasteiger partial charge on any atom is 0.335 e. The third-order valence-corrected chi connectivity index (χ3v) is 16.5. The van der Waals surface area contributed by atoms with E-state index in [1.807, 2.05) is 0 Å². The van der Waals surface area contributed by atoms with Crippen LogP contribution < -0.4 is 0 Å². The quantitative estimate of drug-likeness (QED) is 0.539. The topological polar surface area (TPSA) is 47.9 Å². The number of rotatable bonds is 4. The van der Waals surface area contributed by atoms with Crippen molar-refractivity contribution in [3.05, 3.63) is 12.2 Å². The Hall–Kier alpha value is -0.0562. The molecule has 26 heavy (non-hydrogen) atoms. The van der Waals surface area contributed by atoms with Crippen molar-refractivity contribution in [1.29, 1.82) is 0 Å². The molecule has 4 atom stereocenters. The molecule has 0 aromatic rings. The predicted octanol–water partition coefficient (Wildman–Crippen LogP) is 4.83. The molecule has 0 spiro atoms. The second-order valence-electron chi connectivity index (χ2n) is 9.13. The van der Waals surface area contributed by atoms with E-state index < -0.39 is 35.5 Å². The van der Waals surface area contributed by atoms with E-state index in [2.05, 4.69) is 62.0 Å². The zero-order valence-electron chi connectivity index (χ0n) is 17.6. The summed E-state index contributed by atoms with van der Waals surface area (Å²) in [5.74, 6) is -0.322. The van der Waals surface area contributed by atoms with Gasteiger partial charge in [0.05, 0.1) is 6.10 Å². The first-order valence-corrected chi connectivity index (χ1v) is 13.9. The molecule has 0 radical (unpaired) electrons. The molecule has 1 heterocycles. The lowest BCUT2D eigenvalue weighted by atomic mass is 10.0. The lowest BCUT2D eigenvalue weighted by Gasteiger charge is -2.51. The Bertz CT molecular complexity index is 508. The maximum absolute atomic E-state index is 14.9. The van der Waals surface area contributed by atoms with Gasteiger partial charge in [-0.2, -0.15) is 0 Å². The van der Waals surface area contributed by atoms with Gasteiger partial charge < -0.3 is 18.1 Å². The van der Waals surface area contributed by atoms with Gasteiger partial charge in [0.15, 0.2) is 6.17 Å². The minimum absolute atomic E-state index is 0.146. The Kier molecular flexibility index (Phi) is 6.63. The zero-order chi connectivity index (χ0) is 20.0. The second-order valence-corrected chi connectivity index (χ2v) is 18.0. The Morgan fingerprint density at radius 1 is 0.962 bits per heavy atom. The van der Waals surface area contributed by atoms with Crippen molar-refractivity contribution in [2.75, 3.05) is 6.61 Å². The first-order chi connectivity index (χ1) is 11.9. The predicted molar refractivity (Wildman–Crippen MR) is 107 cm³/mol. The van der Waals surface area contributed by atoms with Gasteiger partial charge in [0.25, 0.3) is 0 Å². The molecule has 1 saturated carbocycles. The molecule has 0 amide bonds. The van der Waals surface area contributed by atoms with Crippen molar-refractivity contribution < 1.29 is 22.5 Å². The standard InChI is InChI=1S/C19H37FO4Si2/c1-11(2)25(12(3)4)22-10-16-15(9)18(21)17(20)19(16)23-26(24-25,13(5)6)14(7)8/h11-14,16-19,21H,9-10H2,1-8H3/t16-,17+,18+,19+/m0/s1. The molecule has 1 aliphatic carbocycles. The van der Waals surface area contributed by atoms with E-state index in [1.165, 1.54) is 0 Å². The normalized spacial score (nSPS) is 34.5.